The molecule has 0 unspecified atom stereocenters. The van der Waals surface area contributed by atoms with E-state index < -0.39 is 0 Å². The quantitative estimate of drug-likeness (QED) is 0.872. The molecule has 2 rings (SSSR count). The molecule has 0 aliphatic carbocycles. The summed E-state index contributed by atoms with van der Waals surface area (Å²) in [4.78, 5) is 14.6. The van der Waals surface area contributed by atoms with Gasteiger partial charge in [-0.25, -0.2) is 9.97 Å². The van der Waals surface area contributed by atoms with Crippen molar-refractivity contribution in [1.29, 1.82) is 0 Å². The average Bonchev–Trinajstić information content (AvgIpc) is 2.79. The summed E-state index contributed by atoms with van der Waals surface area (Å²) < 4.78 is 0. The summed E-state index contributed by atoms with van der Waals surface area (Å²) in [5, 5.41) is 5.22. The molecule has 0 amide bonds. The molecule has 0 bridgehead atoms. The van der Waals surface area contributed by atoms with Gasteiger partial charge in [0, 0.05) is 25.7 Å². The molecule has 0 atom stereocenters. The van der Waals surface area contributed by atoms with Gasteiger partial charge < -0.3 is 10.2 Å². The first-order valence-corrected chi connectivity index (χ1v) is 5.81. The molecule has 5 nitrogen and oxygen atoms in total. The maximum absolute atomic E-state index is 4.35. The van der Waals surface area contributed by atoms with Crippen molar-refractivity contribution in [3.8, 4) is 0 Å². The molecular weight excluding hydrogens is 222 g/mol. The fourth-order valence-corrected chi connectivity index (χ4v) is 1.73. The van der Waals surface area contributed by atoms with Crippen LogP contribution in [0, 0.1) is 0 Å². The lowest BCUT2D eigenvalue weighted by Crippen LogP contribution is -2.13. The molecule has 2 aromatic heterocycles. The van der Waals surface area contributed by atoms with Gasteiger partial charge in [0.05, 0.1) is 17.7 Å². The van der Waals surface area contributed by atoms with Crippen LogP contribution >= 0.6 is 11.3 Å². The molecule has 84 valence electrons. The van der Waals surface area contributed by atoms with Gasteiger partial charge in [-0.15, -0.1) is 11.3 Å². The van der Waals surface area contributed by atoms with Crippen LogP contribution in [0.4, 0.5) is 11.8 Å². The maximum Gasteiger partial charge on any atom is 0.226 e. The monoisotopic (exact) mass is 235 g/mol. The summed E-state index contributed by atoms with van der Waals surface area (Å²) >= 11 is 1.59. The van der Waals surface area contributed by atoms with Gasteiger partial charge >= 0.3 is 0 Å². The minimum atomic E-state index is 0.688. The first kappa shape index (κ1) is 10.8. The molecule has 1 N–H and O–H groups in total. The Balaban J connectivity index is 2.01. The van der Waals surface area contributed by atoms with Gasteiger partial charge in [-0.05, 0) is 6.07 Å². The molecule has 2 aromatic rings. The second-order valence-corrected chi connectivity index (χ2v) is 4.19. The Kier molecular flexibility index (Phi) is 3.31. The van der Waals surface area contributed by atoms with Crippen LogP contribution in [0.2, 0.25) is 0 Å². The molecule has 0 spiro atoms. The van der Waals surface area contributed by atoms with E-state index in [1.54, 1.807) is 17.5 Å². The Morgan fingerprint density at radius 1 is 1.38 bits per heavy atom. The number of nitrogens with one attached hydrogen (secondary N) is 1. The molecule has 16 heavy (non-hydrogen) atoms. The number of thiazole rings is 1. The van der Waals surface area contributed by atoms with Crippen LogP contribution in [0.3, 0.4) is 0 Å². The van der Waals surface area contributed by atoms with Gasteiger partial charge in [-0.3, -0.25) is 0 Å². The summed E-state index contributed by atoms with van der Waals surface area (Å²) in [6.45, 7) is 0.688. The topological polar surface area (TPSA) is 53.9 Å². The third-order valence-electron chi connectivity index (χ3n) is 1.98. The highest BCUT2D eigenvalue weighted by Gasteiger charge is 2.01. The van der Waals surface area contributed by atoms with E-state index in [-0.39, 0.29) is 0 Å². The second-order valence-electron chi connectivity index (χ2n) is 3.47. The summed E-state index contributed by atoms with van der Waals surface area (Å²) in [7, 11) is 3.83. The van der Waals surface area contributed by atoms with Crippen molar-refractivity contribution in [2.45, 2.75) is 6.54 Å². The van der Waals surface area contributed by atoms with Gasteiger partial charge in [0.1, 0.15) is 5.82 Å². The van der Waals surface area contributed by atoms with Crippen molar-refractivity contribution in [2.24, 2.45) is 0 Å². The van der Waals surface area contributed by atoms with E-state index in [2.05, 4.69) is 20.3 Å². The highest BCUT2D eigenvalue weighted by molar-refractivity contribution is 7.07. The normalized spacial score (nSPS) is 10.1. The number of anilines is 2. The van der Waals surface area contributed by atoms with Crippen LogP contribution in [-0.2, 0) is 6.54 Å². The Morgan fingerprint density at radius 2 is 2.25 bits per heavy atom. The predicted octanol–water partition coefficient (Wildman–Crippen LogP) is 1.61. The van der Waals surface area contributed by atoms with Crippen LogP contribution in [0.1, 0.15) is 5.69 Å². The van der Waals surface area contributed by atoms with E-state index in [0.717, 1.165) is 11.5 Å². The lowest BCUT2D eigenvalue weighted by Gasteiger charge is -2.11. The summed E-state index contributed by atoms with van der Waals surface area (Å²) in [5.41, 5.74) is 2.84. The predicted molar refractivity (Wildman–Crippen MR) is 65.8 cm³/mol. The molecule has 6 heteroatoms. The number of hydrogen-bond acceptors (Lipinski definition) is 6. The van der Waals surface area contributed by atoms with E-state index in [4.69, 9.17) is 0 Å². The Bertz CT molecular complexity index is 440. The zero-order valence-corrected chi connectivity index (χ0v) is 10.0. The number of hydrogen-bond donors (Lipinski definition) is 1. The van der Waals surface area contributed by atoms with E-state index in [0.29, 0.717) is 12.5 Å². The van der Waals surface area contributed by atoms with Gasteiger partial charge in [0.2, 0.25) is 5.95 Å². The van der Waals surface area contributed by atoms with E-state index in [1.807, 2.05) is 36.0 Å². The van der Waals surface area contributed by atoms with E-state index in [9.17, 15) is 0 Å². The standard InChI is InChI=1S/C10H13N5S/c1-15(2)10-11-4-3-9(14-10)12-5-8-6-16-7-13-8/h3-4,6-7H,5H2,1-2H3,(H,11,12,14). The van der Waals surface area contributed by atoms with Gasteiger partial charge in [0.25, 0.3) is 0 Å². The third kappa shape index (κ3) is 2.66. The lowest BCUT2D eigenvalue weighted by atomic mass is 10.4. The van der Waals surface area contributed by atoms with Crippen molar-refractivity contribution in [2.75, 3.05) is 24.3 Å². The third-order valence-corrected chi connectivity index (χ3v) is 2.61. The van der Waals surface area contributed by atoms with Crippen LogP contribution in [0.5, 0.6) is 0 Å². The Morgan fingerprint density at radius 3 is 2.94 bits per heavy atom. The second kappa shape index (κ2) is 4.89. The molecule has 0 saturated carbocycles. The van der Waals surface area contributed by atoms with Crippen molar-refractivity contribution in [3.05, 3.63) is 28.8 Å². The molecule has 0 aliphatic heterocycles. The average molecular weight is 235 g/mol. The van der Waals surface area contributed by atoms with E-state index in [1.165, 1.54) is 0 Å². The minimum Gasteiger partial charge on any atom is -0.364 e. The van der Waals surface area contributed by atoms with Gasteiger partial charge in [0.15, 0.2) is 0 Å². The molecule has 2 heterocycles. The van der Waals surface area contributed by atoms with Crippen molar-refractivity contribution in [3.63, 3.8) is 0 Å². The van der Waals surface area contributed by atoms with E-state index >= 15 is 0 Å². The number of aromatic nitrogens is 3. The Hall–Kier alpha value is -1.69. The molecule has 0 aromatic carbocycles. The zero-order chi connectivity index (χ0) is 11.4. The number of nitrogens with zero attached hydrogens (tertiary/aromatic N) is 4. The smallest absolute Gasteiger partial charge is 0.226 e. The largest absolute Gasteiger partial charge is 0.364 e. The summed E-state index contributed by atoms with van der Waals surface area (Å²) in [5.74, 6) is 1.51. The molecule has 0 fully saturated rings. The molecule has 0 aliphatic rings. The lowest BCUT2D eigenvalue weighted by molar-refractivity contribution is 0.981. The van der Waals surface area contributed by atoms with Crippen LogP contribution in [0.25, 0.3) is 0 Å². The number of rotatable bonds is 4. The molecule has 0 saturated heterocycles. The fraction of sp³-hybridized carbons (Fsp3) is 0.300. The molecule has 0 radical (unpaired) electrons. The highest BCUT2D eigenvalue weighted by atomic mass is 32.1. The van der Waals surface area contributed by atoms with Crippen LogP contribution in [-0.4, -0.2) is 29.0 Å². The summed E-state index contributed by atoms with van der Waals surface area (Å²) in [6.07, 6.45) is 1.74. The zero-order valence-electron chi connectivity index (χ0n) is 9.21. The fourth-order valence-electron chi connectivity index (χ4n) is 1.17. The highest BCUT2D eigenvalue weighted by Crippen LogP contribution is 2.09. The van der Waals surface area contributed by atoms with Crippen LogP contribution in [0.15, 0.2) is 23.2 Å². The van der Waals surface area contributed by atoms with Gasteiger partial charge in [-0.2, -0.15) is 4.98 Å². The maximum atomic E-state index is 4.35. The van der Waals surface area contributed by atoms with Crippen molar-refractivity contribution < 1.29 is 0 Å². The SMILES string of the molecule is CN(C)c1nccc(NCc2cscn2)n1. The first-order chi connectivity index (χ1) is 7.75. The summed E-state index contributed by atoms with van der Waals surface area (Å²) in [6, 6.07) is 1.85. The first-order valence-electron chi connectivity index (χ1n) is 4.87. The van der Waals surface area contributed by atoms with Gasteiger partial charge in [-0.1, -0.05) is 0 Å². The minimum absolute atomic E-state index is 0.688. The molecular formula is C10H13N5S. The van der Waals surface area contributed by atoms with Crippen molar-refractivity contribution >= 4 is 23.1 Å². The Labute approximate surface area is 98.2 Å². The van der Waals surface area contributed by atoms with Crippen LogP contribution < -0.4 is 10.2 Å². The van der Waals surface area contributed by atoms with Crippen molar-refractivity contribution in [1.82, 2.24) is 15.0 Å².